The first-order valence-corrected chi connectivity index (χ1v) is 5.63. The monoisotopic (exact) mass is 182 g/mol. The number of hydrogen-bond acceptors (Lipinski definition) is 2. The van der Waals surface area contributed by atoms with Crippen LogP contribution < -0.4 is 11.1 Å². The van der Waals surface area contributed by atoms with Gasteiger partial charge < -0.3 is 11.1 Å². The molecule has 0 aliphatic heterocycles. The van der Waals surface area contributed by atoms with Crippen molar-refractivity contribution in [1.29, 1.82) is 0 Å². The summed E-state index contributed by atoms with van der Waals surface area (Å²) in [6, 6.07) is 0. The third-order valence-electron chi connectivity index (χ3n) is 3.99. The fourth-order valence-electron chi connectivity index (χ4n) is 2.34. The standard InChI is InChI=1S/C11H22N2/c1-10(6-7-10)13-9-11(8-12)4-2-3-5-11/h13H,2-9,12H2,1H3. The predicted octanol–water partition coefficient (Wildman–Crippen LogP) is 1.65. The Hall–Kier alpha value is -0.0800. The van der Waals surface area contributed by atoms with Crippen LogP contribution in [0.1, 0.15) is 45.4 Å². The molecule has 2 rings (SSSR count). The average molecular weight is 182 g/mol. The van der Waals surface area contributed by atoms with Crippen LogP contribution in [-0.4, -0.2) is 18.6 Å². The molecule has 0 amide bonds. The zero-order chi connectivity index (χ0) is 9.36. The molecule has 0 radical (unpaired) electrons. The Morgan fingerprint density at radius 3 is 2.23 bits per heavy atom. The Labute approximate surface area is 81.3 Å². The highest BCUT2D eigenvalue weighted by atomic mass is 15.0. The summed E-state index contributed by atoms with van der Waals surface area (Å²) >= 11 is 0. The second-order valence-corrected chi connectivity index (χ2v) is 5.33. The van der Waals surface area contributed by atoms with Gasteiger partial charge in [-0.25, -0.2) is 0 Å². The van der Waals surface area contributed by atoms with Crippen LogP contribution in [-0.2, 0) is 0 Å². The van der Waals surface area contributed by atoms with Gasteiger partial charge in [0.15, 0.2) is 0 Å². The van der Waals surface area contributed by atoms with Gasteiger partial charge in [0.1, 0.15) is 0 Å². The minimum Gasteiger partial charge on any atom is -0.330 e. The van der Waals surface area contributed by atoms with Crippen molar-refractivity contribution in [2.24, 2.45) is 11.1 Å². The van der Waals surface area contributed by atoms with Crippen molar-refractivity contribution >= 4 is 0 Å². The summed E-state index contributed by atoms with van der Waals surface area (Å²) < 4.78 is 0. The lowest BCUT2D eigenvalue weighted by Crippen LogP contribution is -2.42. The average Bonchev–Trinajstić information content (AvgIpc) is 2.70. The van der Waals surface area contributed by atoms with Crippen LogP contribution in [0.25, 0.3) is 0 Å². The Morgan fingerprint density at radius 2 is 1.77 bits per heavy atom. The molecule has 0 aromatic rings. The first-order chi connectivity index (χ1) is 6.18. The molecular formula is C11H22N2. The minimum atomic E-state index is 0.450. The van der Waals surface area contributed by atoms with Crippen LogP contribution in [0.15, 0.2) is 0 Å². The predicted molar refractivity (Wildman–Crippen MR) is 55.6 cm³/mol. The second kappa shape index (κ2) is 3.25. The van der Waals surface area contributed by atoms with Crippen molar-refractivity contribution in [1.82, 2.24) is 5.32 Å². The summed E-state index contributed by atoms with van der Waals surface area (Å²) in [5.41, 5.74) is 6.81. The third-order valence-corrected chi connectivity index (χ3v) is 3.99. The lowest BCUT2D eigenvalue weighted by atomic mass is 9.86. The Morgan fingerprint density at radius 1 is 1.15 bits per heavy atom. The van der Waals surface area contributed by atoms with E-state index in [9.17, 15) is 0 Å². The molecule has 0 aromatic carbocycles. The van der Waals surface area contributed by atoms with E-state index in [1.807, 2.05) is 0 Å². The van der Waals surface area contributed by atoms with E-state index in [0.29, 0.717) is 11.0 Å². The molecule has 0 bridgehead atoms. The summed E-state index contributed by atoms with van der Waals surface area (Å²) in [5, 5.41) is 3.69. The maximum atomic E-state index is 5.88. The molecule has 2 aliphatic carbocycles. The Bertz CT molecular complexity index is 179. The van der Waals surface area contributed by atoms with Crippen molar-refractivity contribution in [2.45, 2.75) is 51.0 Å². The van der Waals surface area contributed by atoms with Gasteiger partial charge in [-0.2, -0.15) is 0 Å². The van der Waals surface area contributed by atoms with Crippen molar-refractivity contribution in [3.63, 3.8) is 0 Å². The zero-order valence-corrected chi connectivity index (χ0v) is 8.73. The fourth-order valence-corrected chi connectivity index (χ4v) is 2.34. The molecule has 0 saturated heterocycles. The molecule has 0 atom stereocenters. The first-order valence-electron chi connectivity index (χ1n) is 5.63. The number of hydrogen-bond donors (Lipinski definition) is 2. The van der Waals surface area contributed by atoms with Gasteiger partial charge in [0, 0.05) is 12.1 Å². The van der Waals surface area contributed by atoms with Crippen molar-refractivity contribution < 1.29 is 0 Å². The highest BCUT2D eigenvalue weighted by Gasteiger charge is 2.40. The van der Waals surface area contributed by atoms with E-state index in [0.717, 1.165) is 13.1 Å². The van der Waals surface area contributed by atoms with Gasteiger partial charge >= 0.3 is 0 Å². The van der Waals surface area contributed by atoms with Crippen LogP contribution >= 0.6 is 0 Å². The number of nitrogens with one attached hydrogen (secondary N) is 1. The minimum absolute atomic E-state index is 0.450. The molecule has 2 saturated carbocycles. The quantitative estimate of drug-likeness (QED) is 0.694. The fraction of sp³-hybridized carbons (Fsp3) is 1.00. The van der Waals surface area contributed by atoms with Crippen molar-refractivity contribution in [2.75, 3.05) is 13.1 Å². The maximum Gasteiger partial charge on any atom is 0.0154 e. The molecule has 0 unspecified atom stereocenters. The largest absolute Gasteiger partial charge is 0.330 e. The van der Waals surface area contributed by atoms with E-state index in [1.165, 1.54) is 38.5 Å². The second-order valence-electron chi connectivity index (χ2n) is 5.33. The molecule has 0 heterocycles. The van der Waals surface area contributed by atoms with Gasteiger partial charge in [-0.3, -0.25) is 0 Å². The molecule has 2 heteroatoms. The van der Waals surface area contributed by atoms with E-state index in [-0.39, 0.29) is 0 Å². The SMILES string of the molecule is CC1(NCC2(CN)CCCC2)CC1. The summed E-state index contributed by atoms with van der Waals surface area (Å²) in [7, 11) is 0. The van der Waals surface area contributed by atoms with Crippen molar-refractivity contribution in [3.05, 3.63) is 0 Å². The maximum absolute atomic E-state index is 5.88. The van der Waals surface area contributed by atoms with Crippen LogP contribution in [0.2, 0.25) is 0 Å². The lowest BCUT2D eigenvalue weighted by Gasteiger charge is -2.29. The van der Waals surface area contributed by atoms with Crippen LogP contribution in [0.4, 0.5) is 0 Å². The van der Waals surface area contributed by atoms with Gasteiger partial charge in [-0.15, -0.1) is 0 Å². The molecule has 2 fully saturated rings. The van der Waals surface area contributed by atoms with Crippen molar-refractivity contribution in [3.8, 4) is 0 Å². The first kappa shape index (κ1) is 9.47. The van der Waals surface area contributed by atoms with Crippen LogP contribution in [0.3, 0.4) is 0 Å². The Balaban J connectivity index is 1.83. The third kappa shape index (κ3) is 2.05. The molecule has 2 nitrogen and oxygen atoms in total. The van der Waals surface area contributed by atoms with Gasteiger partial charge in [0.25, 0.3) is 0 Å². The van der Waals surface area contributed by atoms with Crippen LogP contribution in [0.5, 0.6) is 0 Å². The summed E-state index contributed by atoms with van der Waals surface area (Å²) in [5.74, 6) is 0. The topological polar surface area (TPSA) is 38.0 Å². The van der Waals surface area contributed by atoms with E-state index in [2.05, 4.69) is 12.2 Å². The van der Waals surface area contributed by atoms with Gasteiger partial charge in [0.2, 0.25) is 0 Å². The number of rotatable bonds is 4. The normalized spacial score (nSPS) is 29.1. The summed E-state index contributed by atoms with van der Waals surface area (Å²) in [4.78, 5) is 0. The summed E-state index contributed by atoms with van der Waals surface area (Å²) in [6.45, 7) is 4.35. The van der Waals surface area contributed by atoms with Crippen LogP contribution in [0, 0.1) is 5.41 Å². The molecule has 3 N–H and O–H groups in total. The molecular weight excluding hydrogens is 160 g/mol. The summed E-state index contributed by atoms with van der Waals surface area (Å²) in [6.07, 6.45) is 8.16. The molecule has 76 valence electrons. The van der Waals surface area contributed by atoms with Gasteiger partial charge in [0.05, 0.1) is 0 Å². The lowest BCUT2D eigenvalue weighted by molar-refractivity contribution is 0.274. The molecule has 13 heavy (non-hydrogen) atoms. The molecule has 0 spiro atoms. The molecule has 2 aliphatic rings. The highest BCUT2D eigenvalue weighted by molar-refractivity contribution is 5.00. The van der Waals surface area contributed by atoms with E-state index in [1.54, 1.807) is 0 Å². The molecule has 0 aromatic heterocycles. The Kier molecular flexibility index (Phi) is 2.37. The van der Waals surface area contributed by atoms with Gasteiger partial charge in [-0.05, 0) is 44.6 Å². The van der Waals surface area contributed by atoms with E-state index in [4.69, 9.17) is 5.73 Å². The van der Waals surface area contributed by atoms with Gasteiger partial charge in [-0.1, -0.05) is 12.8 Å². The smallest absolute Gasteiger partial charge is 0.0154 e. The highest BCUT2D eigenvalue weighted by Crippen LogP contribution is 2.40. The van der Waals surface area contributed by atoms with E-state index >= 15 is 0 Å². The van der Waals surface area contributed by atoms with E-state index < -0.39 is 0 Å². The zero-order valence-electron chi connectivity index (χ0n) is 8.73. The number of nitrogens with two attached hydrogens (primary N) is 1.